The van der Waals surface area contributed by atoms with Crippen LogP contribution in [0.15, 0.2) is 0 Å². The van der Waals surface area contributed by atoms with Gasteiger partial charge in [-0.2, -0.15) is 0 Å². The van der Waals surface area contributed by atoms with E-state index in [1.165, 1.54) is 6.42 Å². The molecule has 0 amide bonds. The van der Waals surface area contributed by atoms with E-state index >= 15 is 0 Å². The van der Waals surface area contributed by atoms with Crippen molar-refractivity contribution in [1.29, 1.82) is 0 Å². The Labute approximate surface area is 116 Å². The minimum Gasteiger partial charge on any atom is -0.377 e. The molecule has 0 spiro atoms. The van der Waals surface area contributed by atoms with Gasteiger partial charge in [0.2, 0.25) is 0 Å². The highest BCUT2D eigenvalue weighted by atomic mass is 32.2. The molecule has 0 aliphatic carbocycles. The number of hydrogen-bond acceptors (Lipinski definition) is 5. The molecule has 5 nitrogen and oxygen atoms in total. The summed E-state index contributed by atoms with van der Waals surface area (Å²) < 4.78 is 28.7. The smallest absolute Gasteiger partial charge is 0.151 e. The van der Waals surface area contributed by atoms with Crippen molar-refractivity contribution in [3.05, 3.63) is 0 Å². The van der Waals surface area contributed by atoms with Gasteiger partial charge >= 0.3 is 0 Å². The summed E-state index contributed by atoms with van der Waals surface area (Å²) in [6.45, 7) is 6.44. The summed E-state index contributed by atoms with van der Waals surface area (Å²) in [6.07, 6.45) is 3.46. The second-order valence-corrected chi connectivity index (χ2v) is 7.99. The molecule has 0 aromatic rings. The van der Waals surface area contributed by atoms with Crippen molar-refractivity contribution in [1.82, 2.24) is 10.2 Å². The van der Waals surface area contributed by atoms with E-state index in [0.29, 0.717) is 30.2 Å². The van der Waals surface area contributed by atoms with Gasteiger partial charge in [-0.25, -0.2) is 8.42 Å². The minimum absolute atomic E-state index is 0.309. The number of ether oxygens (including phenoxy) is 1. The molecule has 2 fully saturated rings. The van der Waals surface area contributed by atoms with E-state index in [4.69, 9.17) is 4.74 Å². The van der Waals surface area contributed by atoms with Gasteiger partial charge < -0.3 is 10.1 Å². The molecular weight excluding hydrogens is 264 g/mol. The predicted octanol–water partition coefficient (Wildman–Crippen LogP) is 0.264. The molecule has 6 heteroatoms. The summed E-state index contributed by atoms with van der Waals surface area (Å²) in [5.41, 5.74) is 0. The van der Waals surface area contributed by atoms with Gasteiger partial charge in [0.1, 0.15) is 0 Å². The number of sulfone groups is 1. The van der Waals surface area contributed by atoms with Gasteiger partial charge in [-0.15, -0.1) is 0 Å². The van der Waals surface area contributed by atoms with Gasteiger partial charge in [-0.3, -0.25) is 4.90 Å². The van der Waals surface area contributed by atoms with Crippen LogP contribution in [0, 0.1) is 0 Å². The molecule has 19 heavy (non-hydrogen) atoms. The third kappa shape index (κ3) is 5.02. The Hall–Kier alpha value is -0.170. The summed E-state index contributed by atoms with van der Waals surface area (Å²) in [4.78, 5) is 2.28. The Morgan fingerprint density at radius 3 is 2.89 bits per heavy atom. The van der Waals surface area contributed by atoms with Gasteiger partial charge in [0, 0.05) is 32.3 Å². The largest absolute Gasteiger partial charge is 0.377 e. The van der Waals surface area contributed by atoms with Crippen LogP contribution in [0.3, 0.4) is 0 Å². The summed E-state index contributed by atoms with van der Waals surface area (Å²) in [7, 11) is -2.80. The molecule has 1 N–H and O–H groups in total. The number of nitrogens with one attached hydrogen (secondary N) is 1. The molecule has 0 radical (unpaired) electrons. The maximum absolute atomic E-state index is 11.6. The highest BCUT2D eigenvalue weighted by Crippen LogP contribution is 2.11. The Morgan fingerprint density at radius 2 is 2.16 bits per heavy atom. The summed E-state index contributed by atoms with van der Waals surface area (Å²) in [5.74, 6) is 0.655. The Bertz CT molecular complexity index is 366. The molecule has 2 rings (SSSR count). The summed E-state index contributed by atoms with van der Waals surface area (Å²) >= 11 is 0. The lowest BCUT2D eigenvalue weighted by atomic mass is 10.2. The van der Waals surface area contributed by atoms with Gasteiger partial charge in [-0.1, -0.05) is 0 Å². The third-order valence-corrected chi connectivity index (χ3v) is 5.76. The van der Waals surface area contributed by atoms with Crippen LogP contribution in [-0.4, -0.2) is 69.8 Å². The van der Waals surface area contributed by atoms with Crippen LogP contribution in [0.1, 0.15) is 26.2 Å². The molecule has 2 saturated heterocycles. The van der Waals surface area contributed by atoms with Gasteiger partial charge in [0.05, 0.1) is 17.6 Å². The second kappa shape index (κ2) is 7.02. The number of hydrogen-bond donors (Lipinski definition) is 1. The fourth-order valence-electron chi connectivity index (χ4n) is 2.79. The van der Waals surface area contributed by atoms with Crippen molar-refractivity contribution >= 4 is 9.84 Å². The van der Waals surface area contributed by atoms with Crippen LogP contribution in [-0.2, 0) is 14.6 Å². The van der Waals surface area contributed by atoms with Crippen molar-refractivity contribution in [2.24, 2.45) is 0 Å². The molecule has 2 atom stereocenters. The van der Waals surface area contributed by atoms with Gasteiger partial charge in [0.15, 0.2) is 9.84 Å². The van der Waals surface area contributed by atoms with E-state index < -0.39 is 9.84 Å². The monoisotopic (exact) mass is 290 g/mol. The van der Waals surface area contributed by atoms with Crippen LogP contribution in [0.5, 0.6) is 0 Å². The van der Waals surface area contributed by atoms with Crippen LogP contribution >= 0.6 is 0 Å². The first-order valence-corrected chi connectivity index (χ1v) is 9.16. The summed E-state index contributed by atoms with van der Waals surface area (Å²) in [5, 5.41) is 3.45. The standard InChI is InChI=1S/C13H26N2O3S/c1-12(10-14-11-13-4-2-7-18-13)15-5-3-8-19(16,17)9-6-15/h12-14H,2-11H2,1H3. The second-order valence-electron chi connectivity index (χ2n) is 5.68. The first-order chi connectivity index (χ1) is 9.07. The molecule has 0 aromatic carbocycles. The van der Waals surface area contributed by atoms with Crippen LogP contribution in [0.2, 0.25) is 0 Å². The molecule has 0 saturated carbocycles. The zero-order chi connectivity index (χ0) is 13.7. The molecule has 2 unspecified atom stereocenters. The van der Waals surface area contributed by atoms with Gasteiger partial charge in [0.25, 0.3) is 0 Å². The SMILES string of the molecule is CC(CNCC1CCCO1)N1CCCS(=O)(=O)CC1. The Morgan fingerprint density at radius 1 is 1.32 bits per heavy atom. The van der Waals surface area contributed by atoms with Crippen LogP contribution < -0.4 is 5.32 Å². The molecule has 112 valence electrons. The average Bonchev–Trinajstić information content (AvgIpc) is 2.79. The number of nitrogens with zero attached hydrogens (tertiary/aromatic N) is 1. The van der Waals surface area contributed by atoms with E-state index in [1.807, 2.05) is 0 Å². The number of rotatable bonds is 5. The zero-order valence-electron chi connectivity index (χ0n) is 11.8. The van der Waals surface area contributed by atoms with Crippen LogP contribution in [0.25, 0.3) is 0 Å². The minimum atomic E-state index is -2.80. The Kier molecular flexibility index (Phi) is 5.62. The zero-order valence-corrected chi connectivity index (χ0v) is 12.6. The van der Waals surface area contributed by atoms with E-state index in [2.05, 4.69) is 17.1 Å². The van der Waals surface area contributed by atoms with Crippen molar-refractivity contribution in [3.63, 3.8) is 0 Å². The predicted molar refractivity (Wildman–Crippen MR) is 76.1 cm³/mol. The fraction of sp³-hybridized carbons (Fsp3) is 1.00. The maximum Gasteiger partial charge on any atom is 0.151 e. The first-order valence-electron chi connectivity index (χ1n) is 7.33. The molecule has 0 bridgehead atoms. The first kappa shape index (κ1) is 15.2. The van der Waals surface area contributed by atoms with E-state index in [9.17, 15) is 8.42 Å². The topological polar surface area (TPSA) is 58.6 Å². The molecular formula is C13H26N2O3S. The highest BCUT2D eigenvalue weighted by Gasteiger charge is 2.22. The molecule has 2 aliphatic heterocycles. The molecule has 0 aromatic heterocycles. The average molecular weight is 290 g/mol. The van der Waals surface area contributed by atoms with Crippen molar-refractivity contribution < 1.29 is 13.2 Å². The van der Waals surface area contributed by atoms with Crippen molar-refractivity contribution in [2.45, 2.75) is 38.3 Å². The van der Waals surface area contributed by atoms with E-state index in [0.717, 1.165) is 39.1 Å². The van der Waals surface area contributed by atoms with Crippen molar-refractivity contribution in [2.75, 3.05) is 44.3 Å². The Balaban J connectivity index is 1.68. The van der Waals surface area contributed by atoms with Crippen molar-refractivity contribution in [3.8, 4) is 0 Å². The molecule has 2 heterocycles. The lowest BCUT2D eigenvalue weighted by Gasteiger charge is -2.27. The fourth-order valence-corrected chi connectivity index (χ4v) is 4.07. The molecule has 2 aliphatic rings. The summed E-state index contributed by atoms with van der Waals surface area (Å²) in [6, 6.07) is 0.384. The quantitative estimate of drug-likeness (QED) is 0.787. The highest BCUT2D eigenvalue weighted by molar-refractivity contribution is 7.91. The normalized spacial score (nSPS) is 30.1. The maximum atomic E-state index is 11.6. The van der Waals surface area contributed by atoms with E-state index in [1.54, 1.807) is 0 Å². The lowest BCUT2D eigenvalue weighted by Crippen LogP contribution is -2.43. The lowest BCUT2D eigenvalue weighted by molar-refractivity contribution is 0.107. The van der Waals surface area contributed by atoms with Gasteiger partial charge in [-0.05, 0) is 32.7 Å². The van der Waals surface area contributed by atoms with Crippen LogP contribution in [0.4, 0.5) is 0 Å². The third-order valence-electron chi connectivity index (χ3n) is 4.05. The van der Waals surface area contributed by atoms with E-state index in [-0.39, 0.29) is 0 Å².